The number of carbonyl (C=O) groups is 5. The molecule has 1 saturated heterocycles. The maximum atomic E-state index is 13.3. The molecule has 1 aliphatic heterocycles. The molecule has 4 N–H and O–H groups in total. The Kier molecular flexibility index (Phi) is 12.2. The van der Waals surface area contributed by atoms with E-state index in [4.69, 9.17) is 9.47 Å². The Balaban J connectivity index is 1.55. The quantitative estimate of drug-likeness (QED) is 0.145. The standard InChI is InChI=1S/C27H38N6O8/c1-2-40-27(39)31-29-18-32-12-6-9-20(15-32)14-28-23(34)13-22(25(37)33(16-24(35)36)21-10-11-21)30-26(38)41-17-19-7-4-3-5-8-19/h3-5,7-8,18,20-22H,2,6,9-17H2,1H3,(H,28,34)(H,30,38)(H,31,39)(H,35,36)/t20-,22-/m0/s1. The van der Waals surface area contributed by atoms with Gasteiger partial charge in [0.15, 0.2) is 0 Å². The Morgan fingerprint density at radius 3 is 2.56 bits per heavy atom. The van der Waals surface area contributed by atoms with Crippen molar-refractivity contribution in [1.82, 2.24) is 25.9 Å². The molecule has 41 heavy (non-hydrogen) atoms. The highest BCUT2D eigenvalue weighted by molar-refractivity contribution is 5.92. The molecule has 4 amide bonds. The molecule has 1 aromatic carbocycles. The average Bonchev–Trinajstić information content (AvgIpc) is 3.79. The van der Waals surface area contributed by atoms with E-state index < -0.39 is 42.6 Å². The van der Waals surface area contributed by atoms with Gasteiger partial charge in [0.1, 0.15) is 25.5 Å². The number of piperidine rings is 1. The van der Waals surface area contributed by atoms with Gasteiger partial charge in [0.05, 0.1) is 13.0 Å². The van der Waals surface area contributed by atoms with Crippen molar-refractivity contribution in [3.63, 3.8) is 0 Å². The summed E-state index contributed by atoms with van der Waals surface area (Å²) < 4.78 is 9.99. The molecule has 0 unspecified atom stereocenters. The third kappa shape index (κ3) is 11.3. The third-order valence-electron chi connectivity index (χ3n) is 6.56. The van der Waals surface area contributed by atoms with Crippen LogP contribution >= 0.6 is 0 Å². The van der Waals surface area contributed by atoms with Crippen LogP contribution in [0.15, 0.2) is 35.4 Å². The van der Waals surface area contributed by atoms with E-state index in [2.05, 4.69) is 21.2 Å². The summed E-state index contributed by atoms with van der Waals surface area (Å²) in [6, 6.07) is 7.45. The van der Waals surface area contributed by atoms with Gasteiger partial charge in [-0.2, -0.15) is 5.10 Å². The molecule has 1 aromatic rings. The molecule has 1 heterocycles. The summed E-state index contributed by atoms with van der Waals surface area (Å²) in [5.74, 6) is -2.19. The smallest absolute Gasteiger partial charge is 0.427 e. The number of hydrazone groups is 1. The van der Waals surface area contributed by atoms with E-state index in [1.807, 2.05) is 11.0 Å². The summed E-state index contributed by atoms with van der Waals surface area (Å²) in [5, 5.41) is 18.5. The fraction of sp³-hybridized carbons (Fsp3) is 0.556. The monoisotopic (exact) mass is 574 g/mol. The zero-order chi connectivity index (χ0) is 29.6. The molecule has 14 nitrogen and oxygen atoms in total. The van der Waals surface area contributed by atoms with Gasteiger partial charge in [0.25, 0.3) is 0 Å². The molecule has 0 spiro atoms. The number of nitrogens with zero attached hydrogens (tertiary/aromatic N) is 3. The number of carbonyl (C=O) groups excluding carboxylic acids is 4. The molecule has 2 aliphatic rings. The lowest BCUT2D eigenvalue weighted by molar-refractivity contribution is -0.146. The van der Waals surface area contributed by atoms with Gasteiger partial charge in [0, 0.05) is 25.7 Å². The van der Waals surface area contributed by atoms with Gasteiger partial charge >= 0.3 is 18.2 Å². The zero-order valence-corrected chi connectivity index (χ0v) is 23.1. The summed E-state index contributed by atoms with van der Waals surface area (Å²) >= 11 is 0. The molecule has 0 radical (unpaired) electrons. The van der Waals surface area contributed by atoms with Crippen molar-refractivity contribution < 1.29 is 38.6 Å². The molecule has 224 valence electrons. The third-order valence-corrected chi connectivity index (χ3v) is 6.56. The van der Waals surface area contributed by atoms with Gasteiger partial charge in [0.2, 0.25) is 11.8 Å². The molecule has 0 aromatic heterocycles. The Labute approximate surface area is 238 Å². The summed E-state index contributed by atoms with van der Waals surface area (Å²) in [7, 11) is 0. The Morgan fingerprint density at radius 1 is 1.12 bits per heavy atom. The lowest BCUT2D eigenvalue weighted by Gasteiger charge is -2.31. The number of hydrogen-bond acceptors (Lipinski definition) is 8. The summed E-state index contributed by atoms with van der Waals surface area (Å²) in [4.78, 5) is 64.6. The van der Waals surface area contributed by atoms with Crippen LogP contribution in [0.4, 0.5) is 9.59 Å². The number of likely N-dealkylation sites (tertiary alicyclic amines) is 1. The maximum Gasteiger partial charge on any atom is 0.427 e. The normalized spacial score (nSPS) is 17.3. The fourth-order valence-corrected chi connectivity index (χ4v) is 4.44. The minimum atomic E-state index is -1.29. The van der Waals surface area contributed by atoms with Crippen LogP contribution in [-0.2, 0) is 30.5 Å². The number of ether oxygens (including phenoxy) is 2. The average molecular weight is 575 g/mol. The fourth-order valence-electron chi connectivity index (χ4n) is 4.44. The van der Waals surface area contributed by atoms with Crippen LogP contribution in [0, 0.1) is 5.92 Å². The van der Waals surface area contributed by atoms with Crippen LogP contribution in [-0.4, -0.2) is 96.1 Å². The van der Waals surface area contributed by atoms with Gasteiger partial charge in [-0.25, -0.2) is 15.0 Å². The first-order chi connectivity index (χ1) is 19.7. The molecule has 1 aliphatic carbocycles. The number of alkyl carbamates (subject to hydrolysis) is 1. The van der Waals surface area contributed by atoms with Crippen molar-refractivity contribution in [2.75, 3.05) is 32.8 Å². The zero-order valence-electron chi connectivity index (χ0n) is 23.1. The lowest BCUT2D eigenvalue weighted by atomic mass is 9.98. The van der Waals surface area contributed by atoms with E-state index in [-0.39, 0.29) is 31.6 Å². The largest absolute Gasteiger partial charge is 0.480 e. The summed E-state index contributed by atoms with van der Waals surface area (Å²) in [6.07, 6.45) is 2.65. The van der Waals surface area contributed by atoms with Crippen LogP contribution < -0.4 is 16.1 Å². The van der Waals surface area contributed by atoms with Crippen molar-refractivity contribution >= 4 is 36.3 Å². The molecule has 3 rings (SSSR count). The van der Waals surface area contributed by atoms with Crippen molar-refractivity contribution in [3.8, 4) is 0 Å². The van der Waals surface area contributed by atoms with E-state index in [1.54, 1.807) is 31.2 Å². The minimum absolute atomic E-state index is 0.0297. The second kappa shape index (κ2) is 16.0. The number of hydrogen-bond donors (Lipinski definition) is 4. The van der Waals surface area contributed by atoms with Crippen LogP contribution in [0.25, 0.3) is 0 Å². The SMILES string of the molecule is CCOC(=O)NN=CN1CCC[C@@H](CNC(=O)C[C@H](NC(=O)OCc2ccccc2)C(=O)N(CC(=O)O)C2CC2)C1. The second-order valence-corrected chi connectivity index (χ2v) is 9.94. The first kappa shape index (κ1) is 31.2. The lowest BCUT2D eigenvalue weighted by Crippen LogP contribution is -2.52. The van der Waals surface area contributed by atoms with Gasteiger partial charge in [-0.05, 0) is 44.1 Å². The van der Waals surface area contributed by atoms with Gasteiger partial charge in [-0.3, -0.25) is 14.4 Å². The molecular weight excluding hydrogens is 536 g/mol. The molecular formula is C27H38N6O8. The van der Waals surface area contributed by atoms with E-state index in [1.165, 1.54) is 11.2 Å². The van der Waals surface area contributed by atoms with Crippen LogP contribution in [0.5, 0.6) is 0 Å². The highest BCUT2D eigenvalue weighted by Crippen LogP contribution is 2.27. The highest BCUT2D eigenvalue weighted by Gasteiger charge is 2.38. The molecule has 14 heteroatoms. The Hall–Kier alpha value is -4.36. The predicted octanol–water partition coefficient (Wildman–Crippen LogP) is 1.26. The van der Waals surface area contributed by atoms with Crippen LogP contribution in [0.3, 0.4) is 0 Å². The van der Waals surface area contributed by atoms with E-state index in [0.717, 1.165) is 24.9 Å². The van der Waals surface area contributed by atoms with E-state index >= 15 is 0 Å². The van der Waals surface area contributed by atoms with Crippen molar-refractivity contribution in [2.24, 2.45) is 11.0 Å². The molecule has 0 bridgehead atoms. The molecule has 1 saturated carbocycles. The van der Waals surface area contributed by atoms with Crippen LogP contribution in [0.2, 0.25) is 0 Å². The number of benzene rings is 1. The summed E-state index contributed by atoms with van der Waals surface area (Å²) in [6.45, 7) is 3.04. The number of nitrogens with one attached hydrogen (secondary N) is 3. The Morgan fingerprint density at radius 2 is 1.88 bits per heavy atom. The van der Waals surface area contributed by atoms with Crippen LogP contribution in [0.1, 0.15) is 44.6 Å². The first-order valence-corrected chi connectivity index (χ1v) is 13.7. The number of carboxylic acids is 1. The van der Waals surface area contributed by atoms with Crippen molar-refractivity contribution in [2.45, 2.75) is 57.7 Å². The summed E-state index contributed by atoms with van der Waals surface area (Å²) in [5.41, 5.74) is 3.02. The molecule has 2 atom stereocenters. The molecule has 2 fully saturated rings. The van der Waals surface area contributed by atoms with Gasteiger partial charge in [-0.1, -0.05) is 30.3 Å². The van der Waals surface area contributed by atoms with Gasteiger partial charge in [-0.15, -0.1) is 0 Å². The topological polar surface area (TPSA) is 179 Å². The first-order valence-electron chi connectivity index (χ1n) is 13.7. The number of amides is 4. The number of aliphatic carboxylic acids is 1. The Bertz CT molecular complexity index is 1080. The number of carboxylic acid groups (broad SMARTS) is 1. The number of rotatable bonds is 14. The predicted molar refractivity (Wildman–Crippen MR) is 146 cm³/mol. The minimum Gasteiger partial charge on any atom is -0.480 e. The highest BCUT2D eigenvalue weighted by atomic mass is 16.6. The second-order valence-electron chi connectivity index (χ2n) is 9.94. The maximum absolute atomic E-state index is 13.3. The van der Waals surface area contributed by atoms with Crippen molar-refractivity contribution in [3.05, 3.63) is 35.9 Å². The van der Waals surface area contributed by atoms with E-state index in [0.29, 0.717) is 25.9 Å². The van der Waals surface area contributed by atoms with E-state index in [9.17, 15) is 29.1 Å². The van der Waals surface area contributed by atoms with Gasteiger partial charge < -0.3 is 35.0 Å². The van der Waals surface area contributed by atoms with Crippen molar-refractivity contribution in [1.29, 1.82) is 0 Å².